The molecule has 0 aliphatic carbocycles. The summed E-state index contributed by atoms with van der Waals surface area (Å²) in [7, 11) is 1.63. The smallest absolute Gasteiger partial charge is 0.168 e. The van der Waals surface area contributed by atoms with Gasteiger partial charge in [-0.1, -0.05) is 0 Å². The molecule has 18 heavy (non-hydrogen) atoms. The zero-order valence-corrected chi connectivity index (χ0v) is 10.5. The molecular formula is C12H17F2N3O. The monoisotopic (exact) mass is 257 g/mol. The quantitative estimate of drug-likeness (QED) is 0.895. The highest BCUT2D eigenvalue weighted by molar-refractivity contribution is 5.50. The Kier molecular flexibility index (Phi) is 3.96. The van der Waals surface area contributed by atoms with E-state index in [9.17, 15) is 8.78 Å². The number of nitrogens with one attached hydrogen (secondary N) is 1. The third-order valence-corrected chi connectivity index (χ3v) is 3.03. The lowest BCUT2D eigenvalue weighted by Crippen LogP contribution is -2.24. The van der Waals surface area contributed by atoms with E-state index in [2.05, 4.69) is 10.3 Å². The third-order valence-electron chi connectivity index (χ3n) is 3.03. The molecule has 0 radical (unpaired) electrons. The van der Waals surface area contributed by atoms with Crippen molar-refractivity contribution in [2.45, 2.75) is 19.4 Å². The standard InChI is InChI=1S/C12H17F2N3O/c1-3-15-11-9(13)6-10(14)12(16-11)17-5-4-8(7-17)18-2/h6,8H,3-5,7H2,1-2H3,(H,15,16). The first-order chi connectivity index (χ1) is 8.65. The van der Waals surface area contributed by atoms with Crippen molar-refractivity contribution in [3.05, 3.63) is 17.7 Å². The first-order valence-electron chi connectivity index (χ1n) is 6.03. The second-order valence-electron chi connectivity index (χ2n) is 4.25. The number of methoxy groups -OCH3 is 1. The Morgan fingerprint density at radius 1 is 1.50 bits per heavy atom. The predicted molar refractivity (Wildman–Crippen MR) is 65.9 cm³/mol. The van der Waals surface area contributed by atoms with E-state index in [1.165, 1.54) is 0 Å². The zero-order chi connectivity index (χ0) is 13.1. The summed E-state index contributed by atoms with van der Waals surface area (Å²) >= 11 is 0. The molecule has 1 unspecified atom stereocenters. The van der Waals surface area contributed by atoms with Crippen LogP contribution in [0.4, 0.5) is 20.4 Å². The molecule has 4 nitrogen and oxygen atoms in total. The van der Waals surface area contributed by atoms with E-state index in [0.717, 1.165) is 12.5 Å². The second-order valence-corrected chi connectivity index (χ2v) is 4.25. The van der Waals surface area contributed by atoms with Gasteiger partial charge in [-0.05, 0) is 13.3 Å². The molecule has 100 valence electrons. The van der Waals surface area contributed by atoms with Crippen molar-refractivity contribution in [3.8, 4) is 0 Å². The maximum absolute atomic E-state index is 13.7. The van der Waals surface area contributed by atoms with Crippen LogP contribution < -0.4 is 10.2 Å². The molecule has 1 aromatic heterocycles. The Hall–Kier alpha value is -1.43. The molecule has 1 atom stereocenters. The molecule has 2 heterocycles. The van der Waals surface area contributed by atoms with Gasteiger partial charge in [-0.25, -0.2) is 13.8 Å². The van der Waals surface area contributed by atoms with Crippen LogP contribution in [0.3, 0.4) is 0 Å². The van der Waals surface area contributed by atoms with E-state index in [1.807, 2.05) is 6.92 Å². The van der Waals surface area contributed by atoms with Crippen LogP contribution in [0.5, 0.6) is 0 Å². The van der Waals surface area contributed by atoms with Crippen molar-refractivity contribution in [3.63, 3.8) is 0 Å². The first-order valence-corrected chi connectivity index (χ1v) is 6.03. The molecule has 0 aromatic carbocycles. The molecule has 1 aliphatic rings. The van der Waals surface area contributed by atoms with Crippen LogP contribution in [0.2, 0.25) is 0 Å². The number of hydrogen-bond donors (Lipinski definition) is 1. The fourth-order valence-corrected chi connectivity index (χ4v) is 2.08. The Morgan fingerprint density at radius 3 is 2.89 bits per heavy atom. The van der Waals surface area contributed by atoms with Crippen molar-refractivity contribution in [2.24, 2.45) is 0 Å². The van der Waals surface area contributed by atoms with Crippen LogP contribution in [0.1, 0.15) is 13.3 Å². The SMILES string of the molecule is CCNc1nc(N2CCC(OC)C2)c(F)cc1F. The summed E-state index contributed by atoms with van der Waals surface area (Å²) in [6.45, 7) is 3.62. The van der Waals surface area contributed by atoms with Crippen LogP contribution in [0.15, 0.2) is 6.07 Å². The molecule has 1 aliphatic heterocycles. The highest BCUT2D eigenvalue weighted by Crippen LogP contribution is 2.26. The Morgan fingerprint density at radius 2 is 2.28 bits per heavy atom. The molecule has 0 amide bonds. The normalized spacial score (nSPS) is 19.3. The summed E-state index contributed by atoms with van der Waals surface area (Å²) in [6, 6.07) is 0.875. The number of anilines is 2. The van der Waals surface area contributed by atoms with Crippen LogP contribution in [-0.2, 0) is 4.74 Å². The highest BCUT2D eigenvalue weighted by Gasteiger charge is 2.26. The lowest BCUT2D eigenvalue weighted by molar-refractivity contribution is 0.121. The molecule has 1 N–H and O–H groups in total. The Bertz CT molecular complexity index is 428. The molecule has 2 rings (SSSR count). The van der Waals surface area contributed by atoms with Gasteiger partial charge >= 0.3 is 0 Å². The highest BCUT2D eigenvalue weighted by atomic mass is 19.1. The van der Waals surface area contributed by atoms with Crippen LogP contribution in [0.25, 0.3) is 0 Å². The van der Waals surface area contributed by atoms with E-state index in [4.69, 9.17) is 4.74 Å². The van der Waals surface area contributed by atoms with E-state index in [1.54, 1.807) is 12.0 Å². The van der Waals surface area contributed by atoms with Gasteiger partial charge in [0.2, 0.25) is 0 Å². The van der Waals surface area contributed by atoms with Crippen molar-refractivity contribution in [1.82, 2.24) is 4.98 Å². The van der Waals surface area contributed by atoms with Gasteiger partial charge in [0.05, 0.1) is 6.10 Å². The average Bonchev–Trinajstić information content (AvgIpc) is 2.81. The predicted octanol–water partition coefficient (Wildman–Crippen LogP) is 2.02. The summed E-state index contributed by atoms with van der Waals surface area (Å²) in [5, 5.41) is 2.78. The van der Waals surface area contributed by atoms with Gasteiger partial charge in [-0.3, -0.25) is 0 Å². The van der Waals surface area contributed by atoms with Gasteiger partial charge in [0, 0.05) is 32.8 Å². The number of aromatic nitrogens is 1. The van der Waals surface area contributed by atoms with Gasteiger partial charge in [0.15, 0.2) is 23.3 Å². The van der Waals surface area contributed by atoms with E-state index in [-0.39, 0.29) is 17.7 Å². The summed E-state index contributed by atoms with van der Waals surface area (Å²) in [5.41, 5.74) is 0. The number of rotatable bonds is 4. The summed E-state index contributed by atoms with van der Waals surface area (Å²) in [4.78, 5) is 5.80. The fourth-order valence-electron chi connectivity index (χ4n) is 2.08. The minimum Gasteiger partial charge on any atom is -0.380 e. The average molecular weight is 257 g/mol. The van der Waals surface area contributed by atoms with Crippen LogP contribution in [0, 0.1) is 11.6 Å². The molecule has 0 saturated carbocycles. The van der Waals surface area contributed by atoms with Gasteiger partial charge in [-0.15, -0.1) is 0 Å². The number of nitrogens with zero attached hydrogens (tertiary/aromatic N) is 2. The van der Waals surface area contributed by atoms with Crippen LogP contribution in [-0.4, -0.2) is 37.8 Å². The number of ether oxygens (including phenoxy) is 1. The topological polar surface area (TPSA) is 37.4 Å². The zero-order valence-electron chi connectivity index (χ0n) is 10.5. The lowest BCUT2D eigenvalue weighted by Gasteiger charge is -2.19. The molecule has 6 heteroatoms. The van der Waals surface area contributed by atoms with Gasteiger partial charge in [0.25, 0.3) is 0 Å². The van der Waals surface area contributed by atoms with Gasteiger partial charge < -0.3 is 15.0 Å². The fraction of sp³-hybridized carbons (Fsp3) is 0.583. The van der Waals surface area contributed by atoms with Crippen molar-refractivity contribution < 1.29 is 13.5 Å². The van der Waals surface area contributed by atoms with Crippen molar-refractivity contribution >= 4 is 11.6 Å². The van der Waals surface area contributed by atoms with Gasteiger partial charge in [-0.2, -0.15) is 0 Å². The third kappa shape index (κ3) is 2.53. The number of pyridine rings is 1. The molecule has 1 fully saturated rings. The minimum absolute atomic E-state index is 0.0823. The summed E-state index contributed by atoms with van der Waals surface area (Å²) in [5.74, 6) is -1.02. The largest absolute Gasteiger partial charge is 0.380 e. The van der Waals surface area contributed by atoms with Crippen molar-refractivity contribution in [1.29, 1.82) is 0 Å². The first kappa shape index (κ1) is 13.0. The molecular weight excluding hydrogens is 240 g/mol. The second kappa shape index (κ2) is 5.48. The molecule has 0 bridgehead atoms. The molecule has 0 spiro atoms. The Labute approximate surface area is 105 Å². The summed E-state index contributed by atoms with van der Waals surface area (Å²) in [6.07, 6.45) is 0.907. The van der Waals surface area contributed by atoms with E-state index >= 15 is 0 Å². The number of halogens is 2. The van der Waals surface area contributed by atoms with E-state index < -0.39 is 11.6 Å². The summed E-state index contributed by atoms with van der Waals surface area (Å²) < 4.78 is 32.4. The molecule has 1 aromatic rings. The van der Waals surface area contributed by atoms with Gasteiger partial charge in [0.1, 0.15) is 0 Å². The van der Waals surface area contributed by atoms with Crippen LogP contribution >= 0.6 is 0 Å². The maximum Gasteiger partial charge on any atom is 0.168 e. The Balaban J connectivity index is 2.24. The van der Waals surface area contributed by atoms with E-state index in [0.29, 0.717) is 19.6 Å². The minimum atomic E-state index is -0.666. The lowest BCUT2D eigenvalue weighted by atomic mass is 10.3. The molecule has 1 saturated heterocycles. The maximum atomic E-state index is 13.7. The number of hydrogen-bond acceptors (Lipinski definition) is 4. The van der Waals surface area contributed by atoms with Crippen molar-refractivity contribution in [2.75, 3.05) is 37.0 Å².